The molecule has 6 heteroatoms. The molecule has 0 fully saturated rings. The Morgan fingerprint density at radius 1 is 1.69 bits per heavy atom. The summed E-state index contributed by atoms with van der Waals surface area (Å²) in [5.41, 5.74) is 5.29. The summed E-state index contributed by atoms with van der Waals surface area (Å²) in [4.78, 5) is 14.1. The van der Waals surface area contributed by atoms with Gasteiger partial charge in [0.15, 0.2) is 5.69 Å². The number of rotatable bonds is 2. The fourth-order valence-corrected chi connectivity index (χ4v) is 0.804. The van der Waals surface area contributed by atoms with Crippen LogP contribution in [0.25, 0.3) is 0 Å². The number of aromatic nitrogens is 1. The van der Waals surface area contributed by atoms with Crippen LogP contribution in [0.5, 0.6) is 5.75 Å². The van der Waals surface area contributed by atoms with Crippen LogP contribution in [0.2, 0.25) is 0 Å². The molecule has 0 saturated carbocycles. The highest BCUT2D eigenvalue weighted by atomic mass is 35.5. The number of nitrogens with two attached hydrogens (primary N) is 1. The second-order valence-electron chi connectivity index (χ2n) is 2.08. The predicted octanol–water partition coefficient (Wildman–Crippen LogP) is 0.792. The van der Waals surface area contributed by atoms with E-state index in [0.717, 1.165) is 0 Å². The number of carboxylic acids is 1. The quantitative estimate of drug-likeness (QED) is 0.744. The largest absolute Gasteiger partial charge is 0.494 e. The van der Waals surface area contributed by atoms with Crippen molar-refractivity contribution in [1.29, 1.82) is 0 Å². The van der Waals surface area contributed by atoms with Crippen molar-refractivity contribution in [3.8, 4) is 5.75 Å². The number of carbonyl (C=O) groups is 1. The van der Waals surface area contributed by atoms with E-state index in [1.54, 1.807) is 0 Å². The molecule has 0 unspecified atom stereocenters. The third-order valence-electron chi connectivity index (χ3n) is 1.37. The Bertz CT molecular complexity index is 317. The van der Waals surface area contributed by atoms with Crippen LogP contribution in [0.15, 0.2) is 12.3 Å². The second kappa shape index (κ2) is 4.51. The third-order valence-corrected chi connectivity index (χ3v) is 1.37. The van der Waals surface area contributed by atoms with Crippen LogP contribution < -0.4 is 10.5 Å². The smallest absolute Gasteiger partial charge is 0.356 e. The fraction of sp³-hybridized carbons (Fsp3) is 0.143. The summed E-state index contributed by atoms with van der Waals surface area (Å²) in [5.74, 6) is -0.839. The predicted molar refractivity (Wildman–Crippen MR) is 49.4 cm³/mol. The summed E-state index contributed by atoms with van der Waals surface area (Å²) in [5, 5.41) is 8.59. The maximum absolute atomic E-state index is 10.5. The number of carboxylic acid groups (broad SMARTS) is 1. The van der Waals surface area contributed by atoms with E-state index in [4.69, 9.17) is 15.6 Å². The molecule has 1 heterocycles. The summed E-state index contributed by atoms with van der Waals surface area (Å²) in [6.07, 6.45) is 1.33. The minimum Gasteiger partial charge on any atom is -0.494 e. The highest BCUT2D eigenvalue weighted by Gasteiger charge is 2.12. The monoisotopic (exact) mass is 204 g/mol. The molecule has 0 aliphatic carbocycles. The SMILES string of the molecule is COc1ccnc(C(=O)O)c1N.Cl. The first-order chi connectivity index (χ1) is 5.66. The fourth-order valence-electron chi connectivity index (χ4n) is 0.804. The molecule has 0 spiro atoms. The van der Waals surface area contributed by atoms with Crippen molar-refractivity contribution in [2.75, 3.05) is 12.8 Å². The number of aromatic carboxylic acids is 1. The van der Waals surface area contributed by atoms with Gasteiger partial charge in [-0.25, -0.2) is 9.78 Å². The molecule has 0 radical (unpaired) electrons. The Labute approximate surface area is 80.9 Å². The lowest BCUT2D eigenvalue weighted by atomic mass is 10.3. The normalized spacial score (nSPS) is 8.69. The van der Waals surface area contributed by atoms with Gasteiger partial charge in [0.05, 0.1) is 7.11 Å². The van der Waals surface area contributed by atoms with E-state index in [9.17, 15) is 4.79 Å². The number of hydrogen-bond donors (Lipinski definition) is 2. The number of anilines is 1. The minimum absolute atomic E-state index is 0. The lowest BCUT2D eigenvalue weighted by Crippen LogP contribution is -2.06. The molecule has 72 valence electrons. The summed E-state index contributed by atoms with van der Waals surface area (Å²) in [6.45, 7) is 0. The molecule has 0 aromatic carbocycles. The Balaban J connectivity index is 0.00000144. The van der Waals surface area contributed by atoms with Crippen LogP contribution in [-0.4, -0.2) is 23.2 Å². The molecule has 0 aliphatic heterocycles. The van der Waals surface area contributed by atoms with E-state index in [1.165, 1.54) is 19.4 Å². The van der Waals surface area contributed by atoms with Crippen molar-refractivity contribution in [3.63, 3.8) is 0 Å². The Morgan fingerprint density at radius 3 is 2.77 bits per heavy atom. The van der Waals surface area contributed by atoms with Gasteiger partial charge in [-0.2, -0.15) is 0 Å². The summed E-state index contributed by atoms with van der Waals surface area (Å²) >= 11 is 0. The van der Waals surface area contributed by atoms with Gasteiger partial charge in [-0.3, -0.25) is 0 Å². The van der Waals surface area contributed by atoms with Crippen molar-refractivity contribution in [2.24, 2.45) is 0 Å². The van der Waals surface area contributed by atoms with Crippen molar-refractivity contribution in [3.05, 3.63) is 18.0 Å². The first-order valence-corrected chi connectivity index (χ1v) is 3.18. The highest BCUT2D eigenvalue weighted by molar-refractivity contribution is 5.92. The van der Waals surface area contributed by atoms with Gasteiger partial charge in [0.25, 0.3) is 0 Å². The third kappa shape index (κ3) is 2.22. The topological polar surface area (TPSA) is 85.4 Å². The zero-order chi connectivity index (χ0) is 9.14. The first-order valence-electron chi connectivity index (χ1n) is 3.18. The Morgan fingerprint density at radius 2 is 2.31 bits per heavy atom. The van der Waals surface area contributed by atoms with Crippen LogP contribution in [0, 0.1) is 0 Å². The van der Waals surface area contributed by atoms with E-state index in [1.807, 2.05) is 0 Å². The standard InChI is InChI=1S/C7H8N2O3.ClH/c1-12-4-2-3-9-6(5(4)8)7(10)11;/h2-3H,8H2,1H3,(H,10,11);1H. The van der Waals surface area contributed by atoms with Gasteiger partial charge >= 0.3 is 5.97 Å². The van der Waals surface area contributed by atoms with Crippen LogP contribution in [0.4, 0.5) is 5.69 Å². The van der Waals surface area contributed by atoms with Gasteiger partial charge in [0.1, 0.15) is 11.4 Å². The molecule has 5 nitrogen and oxygen atoms in total. The van der Waals surface area contributed by atoms with Gasteiger partial charge in [0, 0.05) is 12.3 Å². The summed E-state index contributed by atoms with van der Waals surface area (Å²) < 4.78 is 4.81. The lowest BCUT2D eigenvalue weighted by molar-refractivity contribution is 0.0691. The van der Waals surface area contributed by atoms with E-state index < -0.39 is 5.97 Å². The van der Waals surface area contributed by atoms with E-state index in [0.29, 0.717) is 5.75 Å². The van der Waals surface area contributed by atoms with Gasteiger partial charge in [-0.15, -0.1) is 12.4 Å². The Kier molecular flexibility index (Phi) is 4.00. The van der Waals surface area contributed by atoms with Gasteiger partial charge in [-0.1, -0.05) is 0 Å². The highest BCUT2D eigenvalue weighted by Crippen LogP contribution is 2.22. The number of halogens is 1. The molecule has 0 atom stereocenters. The van der Waals surface area contributed by atoms with Gasteiger partial charge in [0.2, 0.25) is 0 Å². The molecule has 0 saturated heterocycles. The molecular weight excluding hydrogens is 196 g/mol. The average molecular weight is 205 g/mol. The zero-order valence-electron chi connectivity index (χ0n) is 6.85. The maximum atomic E-state index is 10.5. The molecular formula is C7H9ClN2O3. The molecule has 0 amide bonds. The van der Waals surface area contributed by atoms with Crippen molar-refractivity contribution < 1.29 is 14.6 Å². The molecule has 0 bridgehead atoms. The van der Waals surface area contributed by atoms with Crippen LogP contribution in [0.1, 0.15) is 10.5 Å². The maximum Gasteiger partial charge on any atom is 0.356 e. The number of ether oxygens (including phenoxy) is 1. The van der Waals surface area contributed by atoms with Gasteiger partial charge < -0.3 is 15.6 Å². The van der Waals surface area contributed by atoms with E-state index in [2.05, 4.69) is 4.98 Å². The van der Waals surface area contributed by atoms with Gasteiger partial charge in [-0.05, 0) is 0 Å². The van der Waals surface area contributed by atoms with Crippen LogP contribution >= 0.6 is 12.4 Å². The zero-order valence-corrected chi connectivity index (χ0v) is 7.67. The molecule has 1 aromatic heterocycles. The Hall–Kier alpha value is -1.49. The number of nitrogens with zero attached hydrogens (tertiary/aromatic N) is 1. The molecule has 3 N–H and O–H groups in total. The van der Waals surface area contributed by atoms with E-state index >= 15 is 0 Å². The minimum atomic E-state index is -1.16. The number of pyridine rings is 1. The summed E-state index contributed by atoms with van der Waals surface area (Å²) in [6, 6.07) is 1.50. The van der Waals surface area contributed by atoms with Crippen molar-refractivity contribution in [1.82, 2.24) is 4.98 Å². The van der Waals surface area contributed by atoms with E-state index in [-0.39, 0.29) is 23.8 Å². The molecule has 1 rings (SSSR count). The van der Waals surface area contributed by atoms with Crippen molar-refractivity contribution in [2.45, 2.75) is 0 Å². The average Bonchev–Trinajstić information content (AvgIpc) is 2.04. The van der Waals surface area contributed by atoms with Crippen LogP contribution in [-0.2, 0) is 0 Å². The lowest BCUT2D eigenvalue weighted by Gasteiger charge is -2.04. The number of hydrogen-bond acceptors (Lipinski definition) is 4. The molecule has 13 heavy (non-hydrogen) atoms. The number of nitrogen functional groups attached to an aromatic ring is 1. The summed E-state index contributed by atoms with van der Waals surface area (Å²) in [7, 11) is 1.41. The first kappa shape index (κ1) is 11.5. The van der Waals surface area contributed by atoms with Crippen molar-refractivity contribution >= 4 is 24.1 Å². The number of methoxy groups -OCH3 is 1. The second-order valence-corrected chi connectivity index (χ2v) is 2.08. The molecule has 1 aromatic rings. The molecule has 0 aliphatic rings. The van der Waals surface area contributed by atoms with Crippen LogP contribution in [0.3, 0.4) is 0 Å².